The van der Waals surface area contributed by atoms with Crippen molar-refractivity contribution in [3.63, 3.8) is 0 Å². The molecule has 3 rings (SSSR count). The number of benzene rings is 2. The zero-order valence-electron chi connectivity index (χ0n) is 18.5. The number of nitrogens with zero attached hydrogens (tertiary/aromatic N) is 1. The van der Waals surface area contributed by atoms with Gasteiger partial charge in [0.25, 0.3) is 5.91 Å². The highest BCUT2D eigenvalue weighted by atomic mass is 16.5. The molecule has 0 aromatic heterocycles. The van der Waals surface area contributed by atoms with Crippen molar-refractivity contribution in [2.75, 3.05) is 46.6 Å². The maximum absolute atomic E-state index is 12.3. The third-order valence-corrected chi connectivity index (χ3v) is 5.03. The van der Waals surface area contributed by atoms with Crippen LogP contribution in [-0.4, -0.2) is 69.4 Å². The summed E-state index contributed by atoms with van der Waals surface area (Å²) in [5.74, 6) is -0.0113. The van der Waals surface area contributed by atoms with E-state index in [1.165, 1.54) is 18.7 Å². The number of morpholine rings is 1. The predicted molar refractivity (Wildman–Crippen MR) is 119 cm³/mol. The molecule has 1 aliphatic rings. The fourth-order valence-electron chi connectivity index (χ4n) is 3.45. The van der Waals surface area contributed by atoms with Crippen molar-refractivity contribution in [1.82, 2.24) is 10.2 Å². The number of rotatable bonds is 10. The highest BCUT2D eigenvalue weighted by Gasteiger charge is 2.21. The summed E-state index contributed by atoms with van der Waals surface area (Å²) in [6, 6.07) is 15.0. The molecule has 0 aliphatic carbocycles. The number of ether oxygens (including phenoxy) is 4. The zero-order chi connectivity index (χ0) is 22.8. The number of amides is 1. The van der Waals surface area contributed by atoms with Crippen molar-refractivity contribution in [3.8, 4) is 11.5 Å². The van der Waals surface area contributed by atoms with Crippen LogP contribution in [-0.2, 0) is 20.8 Å². The maximum Gasteiger partial charge on any atom is 0.338 e. The first-order valence-electron chi connectivity index (χ1n) is 10.7. The van der Waals surface area contributed by atoms with Crippen LogP contribution < -0.4 is 14.8 Å². The first-order chi connectivity index (χ1) is 15.6. The van der Waals surface area contributed by atoms with Gasteiger partial charge in [-0.1, -0.05) is 30.3 Å². The van der Waals surface area contributed by atoms with Crippen LogP contribution >= 0.6 is 0 Å². The van der Waals surface area contributed by atoms with Crippen molar-refractivity contribution in [2.45, 2.75) is 19.6 Å². The van der Waals surface area contributed by atoms with Crippen LogP contribution in [0.25, 0.3) is 0 Å². The Labute approximate surface area is 188 Å². The Morgan fingerprint density at radius 2 is 1.97 bits per heavy atom. The molecule has 0 bridgehead atoms. The SMILES string of the molecule is CCOc1ccc(C(=O)OCC(=O)NC[C@H]2CN(Cc3ccccc3)CCO2)cc1OC. The first kappa shape index (κ1) is 23.6. The van der Waals surface area contributed by atoms with Crippen molar-refractivity contribution < 1.29 is 28.5 Å². The van der Waals surface area contributed by atoms with E-state index in [-0.39, 0.29) is 24.2 Å². The summed E-state index contributed by atoms with van der Waals surface area (Å²) in [6.45, 7) is 5.37. The molecule has 2 aromatic carbocycles. The maximum atomic E-state index is 12.3. The second-order valence-corrected chi connectivity index (χ2v) is 7.39. The van der Waals surface area contributed by atoms with Crippen LogP contribution in [0.15, 0.2) is 48.5 Å². The molecule has 1 fully saturated rings. The third kappa shape index (κ3) is 6.96. The van der Waals surface area contributed by atoms with Gasteiger partial charge in [-0.25, -0.2) is 4.79 Å². The van der Waals surface area contributed by atoms with E-state index in [1.807, 2.05) is 25.1 Å². The van der Waals surface area contributed by atoms with Crippen LogP contribution in [0.3, 0.4) is 0 Å². The van der Waals surface area contributed by atoms with E-state index in [0.29, 0.717) is 31.3 Å². The Kier molecular flexibility index (Phi) is 8.89. The van der Waals surface area contributed by atoms with Crippen LogP contribution in [0.1, 0.15) is 22.8 Å². The summed E-state index contributed by atoms with van der Waals surface area (Å²) in [7, 11) is 1.49. The van der Waals surface area contributed by atoms with Crippen LogP contribution in [0.5, 0.6) is 11.5 Å². The van der Waals surface area contributed by atoms with Crippen LogP contribution in [0.4, 0.5) is 0 Å². The van der Waals surface area contributed by atoms with E-state index in [9.17, 15) is 9.59 Å². The fraction of sp³-hybridized carbons (Fsp3) is 0.417. The number of hydrogen-bond donors (Lipinski definition) is 1. The lowest BCUT2D eigenvalue weighted by atomic mass is 10.2. The average molecular weight is 443 g/mol. The summed E-state index contributed by atoms with van der Waals surface area (Å²) < 4.78 is 21.6. The Morgan fingerprint density at radius 3 is 2.72 bits per heavy atom. The van der Waals surface area contributed by atoms with Crippen LogP contribution in [0.2, 0.25) is 0 Å². The lowest BCUT2D eigenvalue weighted by molar-refractivity contribution is -0.125. The molecule has 1 heterocycles. The summed E-state index contributed by atoms with van der Waals surface area (Å²) >= 11 is 0. The normalized spacial score (nSPS) is 16.2. The fourth-order valence-corrected chi connectivity index (χ4v) is 3.45. The van der Waals surface area contributed by atoms with Gasteiger partial charge in [0, 0.05) is 26.2 Å². The van der Waals surface area contributed by atoms with E-state index < -0.39 is 5.97 Å². The van der Waals surface area contributed by atoms with Gasteiger partial charge in [0.1, 0.15) is 0 Å². The van der Waals surface area contributed by atoms with Crippen molar-refractivity contribution >= 4 is 11.9 Å². The molecule has 2 aromatic rings. The van der Waals surface area contributed by atoms with Gasteiger partial charge in [-0.3, -0.25) is 9.69 Å². The molecular formula is C24H30N2O6. The molecule has 0 saturated carbocycles. The van der Waals surface area contributed by atoms with E-state index in [1.54, 1.807) is 12.1 Å². The second kappa shape index (κ2) is 12.1. The van der Waals surface area contributed by atoms with Gasteiger partial charge >= 0.3 is 5.97 Å². The summed E-state index contributed by atoms with van der Waals surface area (Å²) in [5.41, 5.74) is 1.53. The number of carbonyl (C=O) groups is 2. The molecule has 0 radical (unpaired) electrons. The molecule has 1 aliphatic heterocycles. The van der Waals surface area contributed by atoms with E-state index in [0.717, 1.165) is 19.6 Å². The molecule has 1 saturated heterocycles. The smallest absolute Gasteiger partial charge is 0.338 e. The van der Waals surface area contributed by atoms with Gasteiger partial charge in [0.2, 0.25) is 0 Å². The third-order valence-electron chi connectivity index (χ3n) is 5.03. The van der Waals surface area contributed by atoms with E-state index in [2.05, 4.69) is 22.3 Å². The topological polar surface area (TPSA) is 86.3 Å². The summed E-state index contributed by atoms with van der Waals surface area (Å²) in [5, 5.41) is 2.78. The lowest BCUT2D eigenvalue weighted by Crippen LogP contribution is -2.47. The molecule has 1 amide bonds. The largest absolute Gasteiger partial charge is 0.493 e. The van der Waals surface area contributed by atoms with Gasteiger partial charge in [-0.2, -0.15) is 0 Å². The molecule has 1 N–H and O–H groups in total. The zero-order valence-corrected chi connectivity index (χ0v) is 18.5. The van der Waals surface area contributed by atoms with Crippen LogP contribution in [0, 0.1) is 0 Å². The van der Waals surface area contributed by atoms with Gasteiger partial charge in [-0.15, -0.1) is 0 Å². The highest BCUT2D eigenvalue weighted by Crippen LogP contribution is 2.28. The predicted octanol–water partition coefficient (Wildman–Crippen LogP) is 2.27. The molecule has 8 heteroatoms. The molecular weight excluding hydrogens is 412 g/mol. The molecule has 0 spiro atoms. The molecule has 32 heavy (non-hydrogen) atoms. The van der Waals surface area contributed by atoms with Gasteiger partial charge < -0.3 is 24.3 Å². The monoisotopic (exact) mass is 442 g/mol. The number of carbonyl (C=O) groups excluding carboxylic acids is 2. The standard InChI is InChI=1S/C24H30N2O6/c1-3-30-21-10-9-19(13-22(21)29-2)24(28)32-17-23(27)25-14-20-16-26(11-12-31-20)15-18-7-5-4-6-8-18/h4-10,13,20H,3,11-12,14-17H2,1-2H3,(H,25,27)/t20-/m0/s1. The second-order valence-electron chi connectivity index (χ2n) is 7.39. The summed E-state index contributed by atoms with van der Waals surface area (Å²) in [4.78, 5) is 26.7. The molecule has 172 valence electrons. The Balaban J connectivity index is 1.41. The van der Waals surface area contributed by atoms with Gasteiger partial charge in [0.15, 0.2) is 18.1 Å². The minimum absolute atomic E-state index is 0.109. The quantitative estimate of drug-likeness (QED) is 0.565. The van der Waals surface area contributed by atoms with Crippen molar-refractivity contribution in [3.05, 3.63) is 59.7 Å². The van der Waals surface area contributed by atoms with E-state index in [4.69, 9.17) is 18.9 Å². The molecule has 8 nitrogen and oxygen atoms in total. The van der Waals surface area contributed by atoms with Crippen molar-refractivity contribution in [1.29, 1.82) is 0 Å². The van der Waals surface area contributed by atoms with Gasteiger partial charge in [0.05, 0.1) is 32.0 Å². The van der Waals surface area contributed by atoms with Crippen molar-refractivity contribution in [2.24, 2.45) is 0 Å². The Hall–Kier alpha value is -3.10. The summed E-state index contributed by atoms with van der Waals surface area (Å²) in [6.07, 6.45) is -0.109. The lowest BCUT2D eigenvalue weighted by Gasteiger charge is -2.33. The van der Waals surface area contributed by atoms with Gasteiger partial charge in [-0.05, 0) is 30.7 Å². The Morgan fingerprint density at radius 1 is 1.16 bits per heavy atom. The highest BCUT2D eigenvalue weighted by molar-refractivity contribution is 5.92. The molecule has 0 unspecified atom stereocenters. The number of nitrogens with one attached hydrogen (secondary N) is 1. The average Bonchev–Trinajstić information content (AvgIpc) is 2.82. The Bertz CT molecular complexity index is 889. The minimum atomic E-state index is -0.607. The number of methoxy groups -OCH3 is 1. The minimum Gasteiger partial charge on any atom is -0.493 e. The number of esters is 1. The molecule has 1 atom stereocenters. The van der Waals surface area contributed by atoms with E-state index >= 15 is 0 Å². The first-order valence-corrected chi connectivity index (χ1v) is 10.7. The number of hydrogen-bond acceptors (Lipinski definition) is 7.